The van der Waals surface area contributed by atoms with Crippen molar-refractivity contribution in [2.75, 3.05) is 7.11 Å². The lowest BCUT2D eigenvalue weighted by molar-refractivity contribution is 0.0626. The quantitative estimate of drug-likeness (QED) is 0.893. The fourth-order valence-electron chi connectivity index (χ4n) is 1.35. The summed E-state index contributed by atoms with van der Waals surface area (Å²) in [5, 5.41) is 10.1. The lowest BCUT2D eigenvalue weighted by Crippen LogP contribution is -2.17. The Morgan fingerprint density at radius 1 is 1.33 bits per heavy atom. The second kappa shape index (κ2) is 4.54. The van der Waals surface area contributed by atoms with E-state index in [1.54, 1.807) is 7.11 Å². The molecule has 0 spiro atoms. The zero-order chi connectivity index (χ0) is 11.6. The topological polar surface area (TPSA) is 29.5 Å². The molecule has 1 aromatic carbocycles. The molecule has 0 saturated heterocycles. The van der Waals surface area contributed by atoms with Crippen molar-refractivity contribution in [1.82, 2.24) is 0 Å². The first-order valence-corrected chi connectivity index (χ1v) is 5.67. The Kier molecular flexibility index (Phi) is 3.79. The summed E-state index contributed by atoms with van der Waals surface area (Å²) >= 11 is 3.41. The summed E-state index contributed by atoms with van der Waals surface area (Å²) in [6.07, 6.45) is -0.472. The van der Waals surface area contributed by atoms with Crippen molar-refractivity contribution in [2.45, 2.75) is 26.9 Å². The van der Waals surface area contributed by atoms with Crippen LogP contribution < -0.4 is 4.74 Å². The number of hydrogen-bond donors (Lipinski definition) is 1. The molecule has 1 unspecified atom stereocenters. The van der Waals surface area contributed by atoms with Crippen molar-refractivity contribution in [1.29, 1.82) is 0 Å². The van der Waals surface area contributed by atoms with E-state index in [1.165, 1.54) is 0 Å². The molecule has 1 rings (SSSR count). The zero-order valence-corrected chi connectivity index (χ0v) is 11.1. The molecule has 0 radical (unpaired) electrons. The molecule has 3 heteroatoms. The number of ether oxygens (including phenoxy) is 1. The van der Waals surface area contributed by atoms with E-state index in [0.29, 0.717) is 0 Å². The smallest absolute Gasteiger partial charge is 0.133 e. The highest BCUT2D eigenvalue weighted by molar-refractivity contribution is 9.10. The van der Waals surface area contributed by atoms with E-state index < -0.39 is 6.10 Å². The van der Waals surface area contributed by atoms with Crippen LogP contribution in [0.2, 0.25) is 0 Å². The molecular weight excluding hydrogens is 256 g/mol. The van der Waals surface area contributed by atoms with Gasteiger partial charge in [0, 0.05) is 0 Å². The number of aliphatic hydroxyl groups is 1. The van der Waals surface area contributed by atoms with Crippen molar-refractivity contribution >= 4 is 15.9 Å². The fourth-order valence-corrected chi connectivity index (χ4v) is 1.91. The molecule has 84 valence electrons. The molecule has 0 saturated carbocycles. The summed E-state index contributed by atoms with van der Waals surface area (Å²) < 4.78 is 6.00. The van der Waals surface area contributed by atoms with Gasteiger partial charge in [0.1, 0.15) is 5.75 Å². The van der Waals surface area contributed by atoms with Crippen molar-refractivity contribution in [3.8, 4) is 5.75 Å². The molecule has 0 amide bonds. The highest BCUT2D eigenvalue weighted by Crippen LogP contribution is 2.35. The Bertz CT molecular complexity index is 342. The normalized spacial score (nSPS) is 13.7. The summed E-state index contributed by atoms with van der Waals surface area (Å²) in [6.45, 7) is 6.03. The molecular formula is C12H17BrO2. The van der Waals surface area contributed by atoms with Gasteiger partial charge in [0.25, 0.3) is 0 Å². The number of halogens is 1. The number of methoxy groups -OCH3 is 1. The highest BCUT2D eigenvalue weighted by atomic mass is 79.9. The van der Waals surface area contributed by atoms with E-state index in [0.717, 1.165) is 15.8 Å². The summed E-state index contributed by atoms with van der Waals surface area (Å²) in [4.78, 5) is 0. The van der Waals surface area contributed by atoms with Crippen LogP contribution in [0.4, 0.5) is 0 Å². The van der Waals surface area contributed by atoms with Crippen molar-refractivity contribution < 1.29 is 9.84 Å². The lowest BCUT2D eigenvalue weighted by Gasteiger charge is -2.26. The Morgan fingerprint density at radius 2 is 1.93 bits per heavy atom. The third-order valence-corrected chi connectivity index (χ3v) is 2.93. The van der Waals surface area contributed by atoms with Crippen LogP contribution in [0.1, 0.15) is 32.4 Å². The van der Waals surface area contributed by atoms with E-state index >= 15 is 0 Å². The maximum Gasteiger partial charge on any atom is 0.133 e. The van der Waals surface area contributed by atoms with Gasteiger partial charge in [-0.2, -0.15) is 0 Å². The minimum atomic E-state index is -0.472. The van der Waals surface area contributed by atoms with Gasteiger partial charge in [-0.1, -0.05) is 26.8 Å². The van der Waals surface area contributed by atoms with Crippen molar-refractivity contribution in [3.05, 3.63) is 28.2 Å². The summed E-state index contributed by atoms with van der Waals surface area (Å²) in [6, 6.07) is 5.64. The van der Waals surface area contributed by atoms with Gasteiger partial charge in [-0.3, -0.25) is 0 Å². The van der Waals surface area contributed by atoms with Crippen LogP contribution in [0.5, 0.6) is 5.75 Å². The van der Waals surface area contributed by atoms with E-state index in [2.05, 4.69) is 15.9 Å². The van der Waals surface area contributed by atoms with E-state index in [4.69, 9.17) is 4.74 Å². The maximum atomic E-state index is 10.1. The summed E-state index contributed by atoms with van der Waals surface area (Å²) in [5.74, 6) is 0.778. The molecule has 0 aliphatic rings. The standard InChI is InChI=1S/C12H17BrO2/c1-12(2,3)11(14)8-5-6-10(15-4)9(13)7-8/h5-7,11,14H,1-4H3. The third-order valence-electron chi connectivity index (χ3n) is 2.31. The first-order valence-electron chi connectivity index (χ1n) is 4.87. The van der Waals surface area contributed by atoms with E-state index in [9.17, 15) is 5.11 Å². The number of benzene rings is 1. The molecule has 1 aromatic rings. The predicted molar refractivity (Wildman–Crippen MR) is 65.1 cm³/mol. The lowest BCUT2D eigenvalue weighted by atomic mass is 9.85. The van der Waals surface area contributed by atoms with Crippen LogP contribution in [-0.4, -0.2) is 12.2 Å². The monoisotopic (exact) mass is 272 g/mol. The van der Waals surface area contributed by atoms with Crippen LogP contribution >= 0.6 is 15.9 Å². The third kappa shape index (κ3) is 2.95. The number of rotatable bonds is 2. The minimum absolute atomic E-state index is 0.159. The zero-order valence-electron chi connectivity index (χ0n) is 9.54. The molecule has 0 aliphatic heterocycles. The van der Waals surface area contributed by atoms with E-state index in [-0.39, 0.29) is 5.41 Å². The van der Waals surface area contributed by atoms with Gasteiger partial charge in [0.15, 0.2) is 0 Å². The second-order valence-electron chi connectivity index (χ2n) is 4.66. The Labute approximate surface area is 99.4 Å². The van der Waals surface area contributed by atoms with Gasteiger partial charge in [-0.05, 0) is 39.0 Å². The molecule has 1 atom stereocenters. The first kappa shape index (κ1) is 12.5. The molecule has 15 heavy (non-hydrogen) atoms. The average molecular weight is 273 g/mol. The largest absolute Gasteiger partial charge is 0.496 e. The van der Waals surface area contributed by atoms with Crippen molar-refractivity contribution in [2.24, 2.45) is 5.41 Å². The van der Waals surface area contributed by atoms with Gasteiger partial charge >= 0.3 is 0 Å². The predicted octanol–water partition coefficient (Wildman–Crippen LogP) is 3.54. The number of hydrogen-bond acceptors (Lipinski definition) is 2. The SMILES string of the molecule is COc1ccc(C(O)C(C)(C)C)cc1Br. The van der Waals surface area contributed by atoms with Crippen LogP contribution in [-0.2, 0) is 0 Å². The van der Waals surface area contributed by atoms with Gasteiger partial charge in [-0.25, -0.2) is 0 Å². The molecule has 0 bridgehead atoms. The Balaban J connectivity index is 3.02. The molecule has 0 fully saturated rings. The second-order valence-corrected chi connectivity index (χ2v) is 5.52. The molecule has 2 nitrogen and oxygen atoms in total. The maximum absolute atomic E-state index is 10.1. The molecule has 0 heterocycles. The Morgan fingerprint density at radius 3 is 2.33 bits per heavy atom. The molecule has 1 N–H and O–H groups in total. The molecule has 0 aromatic heterocycles. The van der Waals surface area contributed by atoms with Crippen molar-refractivity contribution in [3.63, 3.8) is 0 Å². The number of aliphatic hydroxyl groups excluding tert-OH is 1. The highest BCUT2D eigenvalue weighted by Gasteiger charge is 2.24. The summed E-state index contributed by atoms with van der Waals surface area (Å²) in [5.41, 5.74) is 0.740. The van der Waals surface area contributed by atoms with Crippen LogP contribution in [0.25, 0.3) is 0 Å². The average Bonchev–Trinajstić information content (AvgIpc) is 2.15. The van der Waals surface area contributed by atoms with E-state index in [1.807, 2.05) is 39.0 Å². The fraction of sp³-hybridized carbons (Fsp3) is 0.500. The van der Waals surface area contributed by atoms with Crippen LogP contribution in [0.3, 0.4) is 0 Å². The van der Waals surface area contributed by atoms with Gasteiger partial charge in [-0.15, -0.1) is 0 Å². The van der Waals surface area contributed by atoms with Crippen LogP contribution in [0.15, 0.2) is 22.7 Å². The summed E-state index contributed by atoms with van der Waals surface area (Å²) in [7, 11) is 1.62. The Hall–Kier alpha value is -0.540. The van der Waals surface area contributed by atoms with Gasteiger partial charge in [0.05, 0.1) is 17.7 Å². The molecule has 0 aliphatic carbocycles. The van der Waals surface area contributed by atoms with Crippen LogP contribution in [0, 0.1) is 5.41 Å². The van der Waals surface area contributed by atoms with Gasteiger partial charge in [0.2, 0.25) is 0 Å². The first-order chi connectivity index (χ1) is 6.86. The minimum Gasteiger partial charge on any atom is -0.496 e. The van der Waals surface area contributed by atoms with Gasteiger partial charge < -0.3 is 9.84 Å².